The van der Waals surface area contributed by atoms with E-state index >= 15 is 0 Å². The van der Waals surface area contributed by atoms with Gasteiger partial charge in [-0.1, -0.05) is 0 Å². The summed E-state index contributed by atoms with van der Waals surface area (Å²) in [5.74, 6) is 0.230. The summed E-state index contributed by atoms with van der Waals surface area (Å²) in [4.78, 5) is 44.2. The number of likely N-dealkylation sites (tertiary alicyclic amines) is 1. The number of piperidine rings is 1. The van der Waals surface area contributed by atoms with Crippen LogP contribution in [0.2, 0.25) is 0 Å². The molecule has 1 aromatic rings. The quantitative estimate of drug-likeness (QED) is 0.738. The average molecular weight is 437 g/mol. The van der Waals surface area contributed by atoms with Crippen LogP contribution in [-0.2, 0) is 25.6 Å². The Morgan fingerprint density at radius 1 is 1.29 bits per heavy atom. The maximum atomic E-state index is 12.7. The zero-order valence-corrected chi connectivity index (χ0v) is 18.7. The van der Waals surface area contributed by atoms with Crippen molar-refractivity contribution in [1.82, 2.24) is 29.9 Å². The molecule has 11 heteroatoms. The Bertz CT molecular complexity index is 804. The molecule has 2 fully saturated rings. The molecule has 0 aliphatic carbocycles. The van der Waals surface area contributed by atoms with E-state index in [-0.39, 0.29) is 31.0 Å². The van der Waals surface area contributed by atoms with E-state index in [0.717, 1.165) is 12.8 Å². The molecule has 3 heterocycles. The monoisotopic (exact) mass is 436 g/mol. The lowest BCUT2D eigenvalue weighted by Gasteiger charge is -2.35. The average Bonchev–Trinajstić information content (AvgIpc) is 3.14. The summed E-state index contributed by atoms with van der Waals surface area (Å²) >= 11 is 0. The van der Waals surface area contributed by atoms with Crippen LogP contribution in [0.15, 0.2) is 6.33 Å². The highest BCUT2D eigenvalue weighted by atomic mass is 16.6. The molecule has 0 unspecified atom stereocenters. The predicted octanol–water partition coefficient (Wildman–Crippen LogP) is 0.714. The van der Waals surface area contributed by atoms with E-state index in [0.29, 0.717) is 32.1 Å². The fourth-order valence-corrected chi connectivity index (χ4v) is 3.74. The van der Waals surface area contributed by atoms with Gasteiger partial charge in [-0.05, 0) is 33.6 Å². The lowest BCUT2D eigenvalue weighted by molar-refractivity contribution is -0.134. The van der Waals surface area contributed by atoms with E-state index in [1.54, 1.807) is 9.80 Å². The fraction of sp³-hybridized carbons (Fsp3) is 0.750. The van der Waals surface area contributed by atoms with E-state index in [4.69, 9.17) is 9.47 Å². The Hall–Kier alpha value is -2.69. The van der Waals surface area contributed by atoms with Crippen molar-refractivity contribution in [3.63, 3.8) is 0 Å². The van der Waals surface area contributed by atoms with Crippen molar-refractivity contribution in [2.75, 3.05) is 32.8 Å². The van der Waals surface area contributed by atoms with Crippen LogP contribution in [0.25, 0.3) is 0 Å². The first kappa shape index (κ1) is 23.0. The summed E-state index contributed by atoms with van der Waals surface area (Å²) in [6.45, 7) is 9.17. The second kappa shape index (κ2) is 9.63. The first-order valence-corrected chi connectivity index (χ1v) is 10.6. The van der Waals surface area contributed by atoms with Crippen molar-refractivity contribution < 1.29 is 23.9 Å². The summed E-state index contributed by atoms with van der Waals surface area (Å²) in [5.41, 5.74) is -0.608. The van der Waals surface area contributed by atoms with Gasteiger partial charge in [-0.3, -0.25) is 14.5 Å². The van der Waals surface area contributed by atoms with Gasteiger partial charge < -0.3 is 19.7 Å². The molecule has 0 radical (unpaired) electrons. The van der Waals surface area contributed by atoms with E-state index in [2.05, 4.69) is 15.4 Å². The van der Waals surface area contributed by atoms with E-state index in [1.165, 1.54) is 17.9 Å². The van der Waals surface area contributed by atoms with E-state index in [9.17, 15) is 14.4 Å². The summed E-state index contributed by atoms with van der Waals surface area (Å²) in [7, 11) is 0. The SMILES string of the molecule is CC(=O)N[C@H]1CCCN(C(=O)Cn2cnc([C@@H]3COCCN3C(=O)OC(C)(C)C)n2)C1. The summed E-state index contributed by atoms with van der Waals surface area (Å²) in [5, 5.41) is 7.30. The third kappa shape index (κ3) is 6.39. The molecule has 1 aromatic heterocycles. The van der Waals surface area contributed by atoms with E-state index < -0.39 is 17.7 Å². The highest BCUT2D eigenvalue weighted by Gasteiger charge is 2.34. The number of nitrogens with zero attached hydrogens (tertiary/aromatic N) is 5. The number of hydrogen-bond acceptors (Lipinski definition) is 7. The van der Waals surface area contributed by atoms with Gasteiger partial charge in [0.1, 0.15) is 24.5 Å². The van der Waals surface area contributed by atoms with Gasteiger partial charge in [-0.2, -0.15) is 5.10 Å². The molecule has 0 saturated carbocycles. The predicted molar refractivity (Wildman–Crippen MR) is 110 cm³/mol. The molecule has 0 bridgehead atoms. The molecule has 2 saturated heterocycles. The number of amides is 3. The highest BCUT2D eigenvalue weighted by molar-refractivity contribution is 5.76. The molecule has 172 valence electrons. The van der Waals surface area contributed by atoms with Crippen molar-refractivity contribution in [2.45, 2.75) is 64.8 Å². The first-order chi connectivity index (χ1) is 14.6. The number of ether oxygens (including phenoxy) is 2. The molecule has 31 heavy (non-hydrogen) atoms. The molecule has 2 atom stereocenters. The lowest BCUT2D eigenvalue weighted by Crippen LogP contribution is -2.50. The molecule has 3 amide bonds. The van der Waals surface area contributed by atoms with Gasteiger partial charge in [0.05, 0.1) is 13.2 Å². The minimum Gasteiger partial charge on any atom is -0.444 e. The minimum absolute atomic E-state index is 0.0247. The maximum Gasteiger partial charge on any atom is 0.411 e. The number of carbonyl (C=O) groups excluding carboxylic acids is 3. The van der Waals surface area contributed by atoms with Crippen LogP contribution in [0, 0.1) is 0 Å². The number of rotatable bonds is 4. The van der Waals surface area contributed by atoms with Gasteiger partial charge in [0.2, 0.25) is 11.8 Å². The molecular formula is C20H32N6O5. The Morgan fingerprint density at radius 3 is 2.77 bits per heavy atom. The lowest BCUT2D eigenvalue weighted by atomic mass is 10.1. The van der Waals surface area contributed by atoms with Gasteiger partial charge in [0, 0.05) is 32.6 Å². The number of hydrogen-bond donors (Lipinski definition) is 1. The van der Waals surface area contributed by atoms with Gasteiger partial charge in [-0.15, -0.1) is 0 Å². The smallest absolute Gasteiger partial charge is 0.411 e. The van der Waals surface area contributed by atoms with Crippen LogP contribution >= 0.6 is 0 Å². The molecule has 2 aliphatic rings. The first-order valence-electron chi connectivity index (χ1n) is 10.6. The van der Waals surface area contributed by atoms with Gasteiger partial charge >= 0.3 is 6.09 Å². The minimum atomic E-state index is -0.608. The largest absolute Gasteiger partial charge is 0.444 e. The number of morpholine rings is 1. The Labute approximate surface area is 182 Å². The number of carbonyl (C=O) groups is 3. The standard InChI is InChI=1S/C20H32N6O5/c1-14(27)22-15-6-5-7-24(10-15)17(28)11-25-13-21-18(23-25)16-12-30-9-8-26(16)19(29)31-20(2,3)4/h13,15-16H,5-12H2,1-4H3,(H,22,27)/t15-,16-/m0/s1. The van der Waals surface area contributed by atoms with E-state index in [1.807, 2.05) is 20.8 Å². The van der Waals surface area contributed by atoms with Crippen molar-refractivity contribution in [3.8, 4) is 0 Å². The molecule has 1 N–H and O–H groups in total. The second-order valence-corrected chi connectivity index (χ2v) is 8.94. The molecule has 2 aliphatic heterocycles. The van der Waals surface area contributed by atoms with Crippen molar-refractivity contribution in [2.24, 2.45) is 0 Å². The third-order valence-electron chi connectivity index (χ3n) is 5.09. The second-order valence-electron chi connectivity index (χ2n) is 8.94. The topological polar surface area (TPSA) is 119 Å². The van der Waals surface area contributed by atoms with Gasteiger partial charge in [0.15, 0.2) is 5.82 Å². The normalized spacial score (nSPS) is 22.2. The number of aromatic nitrogens is 3. The molecule has 0 spiro atoms. The molecule has 3 rings (SSSR count). The van der Waals surface area contributed by atoms with Crippen molar-refractivity contribution >= 4 is 17.9 Å². The fourth-order valence-electron chi connectivity index (χ4n) is 3.74. The van der Waals surface area contributed by atoms with Crippen LogP contribution in [-0.4, -0.2) is 87.0 Å². The third-order valence-corrected chi connectivity index (χ3v) is 5.09. The highest BCUT2D eigenvalue weighted by Crippen LogP contribution is 2.24. The summed E-state index contributed by atoms with van der Waals surface area (Å²) in [6, 6.07) is -0.498. The van der Waals surface area contributed by atoms with Crippen LogP contribution in [0.5, 0.6) is 0 Å². The Kier molecular flexibility index (Phi) is 7.14. The van der Waals surface area contributed by atoms with Crippen LogP contribution in [0.4, 0.5) is 4.79 Å². The summed E-state index contributed by atoms with van der Waals surface area (Å²) in [6.07, 6.45) is 2.75. The van der Waals surface area contributed by atoms with Crippen LogP contribution < -0.4 is 5.32 Å². The Balaban J connectivity index is 1.62. The van der Waals surface area contributed by atoms with Crippen molar-refractivity contribution in [3.05, 3.63) is 12.2 Å². The van der Waals surface area contributed by atoms with Gasteiger partial charge in [0.25, 0.3) is 0 Å². The molecular weight excluding hydrogens is 404 g/mol. The van der Waals surface area contributed by atoms with Crippen LogP contribution in [0.3, 0.4) is 0 Å². The molecule has 11 nitrogen and oxygen atoms in total. The van der Waals surface area contributed by atoms with Crippen LogP contribution in [0.1, 0.15) is 52.4 Å². The molecule has 0 aromatic carbocycles. The zero-order chi connectivity index (χ0) is 22.6. The Morgan fingerprint density at radius 2 is 2.06 bits per heavy atom. The maximum absolute atomic E-state index is 12.7. The van der Waals surface area contributed by atoms with Gasteiger partial charge in [-0.25, -0.2) is 14.5 Å². The number of nitrogens with one attached hydrogen (secondary N) is 1. The summed E-state index contributed by atoms with van der Waals surface area (Å²) < 4.78 is 12.5. The van der Waals surface area contributed by atoms with Crippen molar-refractivity contribution in [1.29, 1.82) is 0 Å². The zero-order valence-electron chi connectivity index (χ0n) is 18.7.